The first-order valence-electron chi connectivity index (χ1n) is 17.3. The molecule has 3 aliphatic rings. The van der Waals surface area contributed by atoms with E-state index in [2.05, 4.69) is 26.6 Å². The number of hydrogen-bond donors (Lipinski definition) is 6. The highest BCUT2D eigenvalue weighted by molar-refractivity contribution is 6.40. The van der Waals surface area contributed by atoms with E-state index in [9.17, 15) is 33.9 Å². The standard InChI is InChI=1S/C35H52N6O7/c1-6-12-24(27(42)31(45)37-23-17-18-23)39-30(44)26-19-21-13-10-11-16-25(21)41(26)34(48)28(35(3,4)5)40-29(43)20(2)36-32(46)33(47)38-22-14-8-7-9-15-22/h7-9,14-15,20-21,23-28,42H,6,10-13,16-19H2,1-5H3,(H,36,46)(H,37,45)(H,38,47)(H,39,44)(H,40,43)/t20-,21?,24-,25?,26-,27?,28+/m0/s1. The Kier molecular flexibility index (Phi) is 12.2. The number of aliphatic hydroxyl groups is 1. The van der Waals surface area contributed by atoms with Crippen LogP contribution in [0.1, 0.15) is 92.4 Å². The van der Waals surface area contributed by atoms with Gasteiger partial charge >= 0.3 is 11.8 Å². The number of carbonyl (C=O) groups excluding carboxylic acids is 6. The van der Waals surface area contributed by atoms with Gasteiger partial charge in [-0.25, -0.2) is 0 Å². The van der Waals surface area contributed by atoms with Gasteiger partial charge in [-0.1, -0.05) is 65.2 Å². The van der Waals surface area contributed by atoms with Crippen molar-refractivity contribution in [2.24, 2.45) is 11.3 Å². The average Bonchev–Trinajstić information content (AvgIpc) is 3.77. The topological polar surface area (TPSA) is 186 Å². The second kappa shape index (κ2) is 15.9. The number of nitrogens with one attached hydrogen (secondary N) is 5. The molecule has 1 heterocycles. The lowest BCUT2D eigenvalue weighted by atomic mass is 9.83. The molecule has 6 N–H and O–H groups in total. The van der Waals surface area contributed by atoms with Gasteiger partial charge in [-0.2, -0.15) is 0 Å². The monoisotopic (exact) mass is 668 g/mol. The number of fused-ring (bicyclic) bond motifs is 1. The molecule has 1 saturated heterocycles. The SMILES string of the molecule is CCC[C@H](NC(=O)[C@@H]1CC2CCCCC2N1C(=O)[C@@H](NC(=O)[C@H](C)NC(=O)C(=O)Nc1ccccc1)C(C)(C)C)C(O)C(=O)NC1CC1. The summed E-state index contributed by atoms with van der Waals surface area (Å²) in [4.78, 5) is 81.1. The minimum absolute atomic E-state index is 0.0585. The van der Waals surface area contributed by atoms with Crippen LogP contribution in [0.15, 0.2) is 30.3 Å². The third-order valence-electron chi connectivity index (χ3n) is 9.52. The van der Waals surface area contributed by atoms with Crippen LogP contribution < -0.4 is 26.6 Å². The van der Waals surface area contributed by atoms with Crippen molar-refractivity contribution in [3.8, 4) is 0 Å². The molecule has 264 valence electrons. The number of hydrogen-bond acceptors (Lipinski definition) is 7. The molecule has 3 fully saturated rings. The lowest BCUT2D eigenvalue weighted by molar-refractivity contribution is -0.147. The highest BCUT2D eigenvalue weighted by Crippen LogP contribution is 2.41. The molecular formula is C35H52N6O7. The van der Waals surface area contributed by atoms with Gasteiger partial charge in [-0.3, -0.25) is 28.8 Å². The minimum Gasteiger partial charge on any atom is -0.381 e. The quantitative estimate of drug-likeness (QED) is 0.183. The number of amides is 6. The van der Waals surface area contributed by atoms with Crippen LogP contribution in [0.25, 0.3) is 0 Å². The van der Waals surface area contributed by atoms with Crippen molar-refractivity contribution >= 4 is 41.1 Å². The Hall–Kier alpha value is -4.00. The zero-order valence-electron chi connectivity index (χ0n) is 28.7. The summed E-state index contributed by atoms with van der Waals surface area (Å²) in [5.74, 6) is -3.85. The minimum atomic E-state index is -1.42. The third-order valence-corrected chi connectivity index (χ3v) is 9.52. The van der Waals surface area contributed by atoms with E-state index in [1.165, 1.54) is 6.92 Å². The smallest absolute Gasteiger partial charge is 0.313 e. The van der Waals surface area contributed by atoms with Crippen molar-refractivity contribution in [1.29, 1.82) is 0 Å². The van der Waals surface area contributed by atoms with E-state index in [0.29, 0.717) is 24.9 Å². The number of aliphatic hydroxyl groups excluding tert-OH is 1. The van der Waals surface area contributed by atoms with Crippen molar-refractivity contribution in [3.63, 3.8) is 0 Å². The molecule has 0 aromatic heterocycles. The number of para-hydroxylation sites is 1. The Balaban J connectivity index is 1.48. The summed E-state index contributed by atoms with van der Waals surface area (Å²) >= 11 is 0. The van der Waals surface area contributed by atoms with Crippen LogP contribution in [0.2, 0.25) is 0 Å². The molecule has 0 bridgehead atoms. The lowest BCUT2D eigenvalue weighted by Gasteiger charge is -2.40. The van der Waals surface area contributed by atoms with E-state index in [0.717, 1.165) is 38.5 Å². The van der Waals surface area contributed by atoms with Crippen LogP contribution in [-0.2, 0) is 28.8 Å². The Morgan fingerprint density at radius 3 is 2.19 bits per heavy atom. The summed E-state index contributed by atoms with van der Waals surface area (Å²) in [5, 5.41) is 24.2. The van der Waals surface area contributed by atoms with E-state index in [4.69, 9.17) is 0 Å². The Bertz CT molecular complexity index is 1340. The van der Waals surface area contributed by atoms with Gasteiger partial charge in [0.1, 0.15) is 18.1 Å². The average molecular weight is 669 g/mol. The zero-order chi connectivity index (χ0) is 35.2. The maximum Gasteiger partial charge on any atom is 0.313 e. The van der Waals surface area contributed by atoms with Gasteiger partial charge in [0.15, 0.2) is 6.10 Å². The molecule has 48 heavy (non-hydrogen) atoms. The first kappa shape index (κ1) is 36.8. The van der Waals surface area contributed by atoms with Crippen LogP contribution >= 0.6 is 0 Å². The fourth-order valence-electron chi connectivity index (χ4n) is 6.71. The van der Waals surface area contributed by atoms with Gasteiger partial charge in [-0.15, -0.1) is 0 Å². The first-order chi connectivity index (χ1) is 22.7. The number of rotatable bonds is 12. The fourth-order valence-corrected chi connectivity index (χ4v) is 6.71. The third kappa shape index (κ3) is 9.33. The van der Waals surface area contributed by atoms with Crippen LogP contribution in [0, 0.1) is 11.3 Å². The van der Waals surface area contributed by atoms with Gasteiger partial charge < -0.3 is 36.6 Å². The van der Waals surface area contributed by atoms with Crippen molar-refractivity contribution < 1.29 is 33.9 Å². The summed E-state index contributed by atoms with van der Waals surface area (Å²) in [6, 6.07) is 4.44. The summed E-state index contributed by atoms with van der Waals surface area (Å²) in [6.45, 7) is 8.75. The van der Waals surface area contributed by atoms with Gasteiger partial charge in [0, 0.05) is 17.8 Å². The van der Waals surface area contributed by atoms with E-state index >= 15 is 0 Å². The molecule has 13 heteroatoms. The number of carbonyl (C=O) groups is 6. The maximum atomic E-state index is 14.5. The molecule has 1 aromatic rings. The fraction of sp³-hybridized carbons (Fsp3) is 0.657. The summed E-state index contributed by atoms with van der Waals surface area (Å²) in [7, 11) is 0. The molecule has 0 spiro atoms. The van der Waals surface area contributed by atoms with Crippen LogP contribution in [0.3, 0.4) is 0 Å². The molecule has 7 atom stereocenters. The highest BCUT2D eigenvalue weighted by atomic mass is 16.3. The van der Waals surface area contributed by atoms with Crippen molar-refractivity contribution in [1.82, 2.24) is 26.2 Å². The van der Waals surface area contributed by atoms with Gasteiger partial charge in [0.05, 0.1) is 6.04 Å². The van der Waals surface area contributed by atoms with E-state index in [1.807, 2.05) is 27.7 Å². The maximum absolute atomic E-state index is 14.5. The second-order valence-electron chi connectivity index (χ2n) is 14.6. The predicted octanol–water partition coefficient (Wildman–Crippen LogP) is 1.74. The number of likely N-dealkylation sites (tertiary alicyclic amines) is 1. The molecule has 1 aliphatic heterocycles. The van der Waals surface area contributed by atoms with Gasteiger partial charge in [0.2, 0.25) is 17.7 Å². The zero-order valence-corrected chi connectivity index (χ0v) is 28.7. The van der Waals surface area contributed by atoms with Crippen molar-refractivity contribution in [3.05, 3.63) is 30.3 Å². The molecule has 1 aromatic carbocycles. The summed E-state index contributed by atoms with van der Waals surface area (Å²) < 4.78 is 0. The predicted molar refractivity (Wildman–Crippen MR) is 179 cm³/mol. The number of nitrogens with zero attached hydrogens (tertiary/aromatic N) is 1. The molecular weight excluding hydrogens is 616 g/mol. The normalized spacial score (nSPS) is 23.0. The Morgan fingerprint density at radius 2 is 1.56 bits per heavy atom. The summed E-state index contributed by atoms with van der Waals surface area (Å²) in [5.41, 5.74) is -0.355. The van der Waals surface area contributed by atoms with E-state index in [1.54, 1.807) is 35.2 Å². The first-order valence-corrected chi connectivity index (χ1v) is 17.3. The molecule has 2 aliphatic carbocycles. The second-order valence-corrected chi connectivity index (χ2v) is 14.6. The molecule has 3 unspecified atom stereocenters. The van der Waals surface area contributed by atoms with E-state index < -0.39 is 71.1 Å². The van der Waals surface area contributed by atoms with Crippen LogP contribution in [0.4, 0.5) is 5.69 Å². The van der Waals surface area contributed by atoms with Gasteiger partial charge in [-0.05, 0) is 68.9 Å². The Labute approximate surface area is 282 Å². The molecule has 4 rings (SSSR count). The van der Waals surface area contributed by atoms with Crippen LogP contribution in [-0.4, -0.2) is 87.8 Å². The lowest BCUT2D eigenvalue weighted by Crippen LogP contribution is -2.62. The summed E-state index contributed by atoms with van der Waals surface area (Å²) in [6.07, 6.45) is 5.24. The van der Waals surface area contributed by atoms with Crippen molar-refractivity contribution in [2.75, 3.05) is 5.32 Å². The van der Waals surface area contributed by atoms with Crippen molar-refractivity contribution in [2.45, 2.75) is 135 Å². The largest absolute Gasteiger partial charge is 0.381 e. The number of benzene rings is 1. The van der Waals surface area contributed by atoms with Crippen LogP contribution in [0.5, 0.6) is 0 Å². The molecule has 13 nitrogen and oxygen atoms in total. The molecule has 0 radical (unpaired) electrons. The molecule has 2 saturated carbocycles. The number of anilines is 1. The highest BCUT2D eigenvalue weighted by Gasteiger charge is 2.51. The molecule has 6 amide bonds. The van der Waals surface area contributed by atoms with Gasteiger partial charge in [0.25, 0.3) is 5.91 Å². The van der Waals surface area contributed by atoms with E-state index in [-0.39, 0.29) is 18.0 Å². The Morgan fingerprint density at radius 1 is 0.896 bits per heavy atom.